The molecule has 5 rings (SSSR count). The number of aromatic nitrogens is 4. The van der Waals surface area contributed by atoms with Crippen LogP contribution in [0.5, 0.6) is 0 Å². The number of amides is 1. The van der Waals surface area contributed by atoms with E-state index in [1.54, 1.807) is 12.1 Å². The van der Waals surface area contributed by atoms with Crippen LogP contribution in [0.2, 0.25) is 0 Å². The van der Waals surface area contributed by atoms with Crippen molar-refractivity contribution in [2.75, 3.05) is 23.4 Å². The van der Waals surface area contributed by atoms with E-state index in [0.717, 1.165) is 22.1 Å². The summed E-state index contributed by atoms with van der Waals surface area (Å²) in [5, 5.41) is 14.3. The molecule has 0 saturated carbocycles. The van der Waals surface area contributed by atoms with Gasteiger partial charge in [0.2, 0.25) is 0 Å². The average molecular weight is 519 g/mol. The minimum absolute atomic E-state index is 0.0913. The van der Waals surface area contributed by atoms with Crippen molar-refractivity contribution in [1.82, 2.24) is 19.7 Å². The molecule has 9 nitrogen and oxygen atoms in total. The Morgan fingerprint density at radius 1 is 0.947 bits per heavy atom. The number of nitrogens with zero attached hydrogens (tertiary/aromatic N) is 5. The lowest BCUT2D eigenvalue weighted by atomic mass is 10.0. The molecule has 0 saturated heterocycles. The van der Waals surface area contributed by atoms with Crippen LogP contribution < -0.4 is 16.4 Å². The highest BCUT2D eigenvalue weighted by Crippen LogP contribution is 2.32. The van der Waals surface area contributed by atoms with Gasteiger partial charge in [-0.15, -0.1) is 0 Å². The van der Waals surface area contributed by atoms with Gasteiger partial charge in [-0.25, -0.2) is 18.0 Å². The molecule has 1 amide bonds. The monoisotopic (exact) mass is 519 g/mol. The molecule has 0 aliphatic rings. The summed E-state index contributed by atoms with van der Waals surface area (Å²) in [6.45, 7) is 0. The maximum Gasteiger partial charge on any atom is 0.411 e. The van der Waals surface area contributed by atoms with Gasteiger partial charge in [0, 0.05) is 24.4 Å². The molecule has 3 aromatic carbocycles. The Morgan fingerprint density at radius 2 is 1.61 bits per heavy atom. The van der Waals surface area contributed by atoms with Crippen molar-refractivity contribution in [3.8, 4) is 17.1 Å². The number of rotatable bonds is 5. The van der Waals surface area contributed by atoms with Gasteiger partial charge in [0.15, 0.2) is 23.3 Å². The quantitative estimate of drug-likeness (QED) is 0.285. The maximum absolute atomic E-state index is 14.6. The van der Waals surface area contributed by atoms with Gasteiger partial charge in [-0.3, -0.25) is 4.90 Å². The van der Waals surface area contributed by atoms with E-state index in [2.05, 4.69) is 15.1 Å². The molecule has 0 aliphatic carbocycles. The summed E-state index contributed by atoms with van der Waals surface area (Å²) in [6.07, 6.45) is -1.69. The highest BCUT2D eigenvalue weighted by atomic mass is 19.2. The third-order valence-corrected chi connectivity index (χ3v) is 6.08. The summed E-state index contributed by atoms with van der Waals surface area (Å²) >= 11 is 0. The van der Waals surface area contributed by atoms with E-state index >= 15 is 0 Å². The van der Waals surface area contributed by atoms with Crippen molar-refractivity contribution < 1.29 is 23.1 Å². The second-order valence-electron chi connectivity index (χ2n) is 8.44. The van der Waals surface area contributed by atoms with Gasteiger partial charge >= 0.3 is 6.09 Å². The molecule has 0 aliphatic heterocycles. The third kappa shape index (κ3) is 4.21. The molecular weight excluding hydrogens is 499 g/mol. The molecule has 0 atom stereocenters. The standard InChI is InChI=1S/C26H20F3N7O2/c1-35(26(37)38)22-23(30)32-25(33-24(22)31)36-20-10-7-14(13-5-3-2-4-6-13)11-16(20)19(34-36)12-15-17(27)8-9-18(28)21(15)29/h2-11H,12H2,1H3,(H,37,38)(H4,30,31,32,33). The summed E-state index contributed by atoms with van der Waals surface area (Å²) < 4.78 is 44.3. The normalized spacial score (nSPS) is 11.2. The number of hydrogen-bond acceptors (Lipinski definition) is 6. The van der Waals surface area contributed by atoms with Crippen molar-refractivity contribution in [2.24, 2.45) is 0 Å². The van der Waals surface area contributed by atoms with Crippen LogP contribution in [0.3, 0.4) is 0 Å². The van der Waals surface area contributed by atoms with E-state index in [0.29, 0.717) is 17.0 Å². The third-order valence-electron chi connectivity index (χ3n) is 6.08. The fraction of sp³-hybridized carbons (Fsp3) is 0.0769. The van der Waals surface area contributed by atoms with Gasteiger partial charge < -0.3 is 16.6 Å². The predicted molar refractivity (Wildman–Crippen MR) is 136 cm³/mol. The zero-order valence-corrected chi connectivity index (χ0v) is 19.9. The Hall–Kier alpha value is -5.13. The molecule has 0 unspecified atom stereocenters. The maximum atomic E-state index is 14.6. The molecule has 0 fully saturated rings. The molecule has 0 radical (unpaired) electrons. The number of benzene rings is 3. The van der Waals surface area contributed by atoms with Gasteiger partial charge in [0.05, 0.1) is 11.2 Å². The van der Waals surface area contributed by atoms with E-state index in [9.17, 15) is 23.1 Å². The second-order valence-corrected chi connectivity index (χ2v) is 8.44. The summed E-state index contributed by atoms with van der Waals surface area (Å²) in [5.41, 5.74) is 13.8. The van der Waals surface area contributed by atoms with Gasteiger partial charge in [0.25, 0.3) is 5.95 Å². The predicted octanol–water partition coefficient (Wildman–Crippen LogP) is 4.77. The molecule has 5 N–H and O–H groups in total. The topological polar surface area (TPSA) is 136 Å². The number of fused-ring (bicyclic) bond motifs is 1. The molecule has 2 heterocycles. The van der Waals surface area contributed by atoms with Crippen molar-refractivity contribution in [3.05, 3.63) is 89.4 Å². The molecule has 12 heteroatoms. The Bertz CT molecular complexity index is 1680. The number of halogens is 3. The lowest BCUT2D eigenvalue weighted by molar-refractivity contribution is 0.203. The largest absolute Gasteiger partial charge is 0.465 e. The van der Waals surface area contributed by atoms with E-state index in [1.807, 2.05) is 36.4 Å². The van der Waals surface area contributed by atoms with Gasteiger partial charge in [-0.1, -0.05) is 36.4 Å². The molecule has 192 valence electrons. The first-order chi connectivity index (χ1) is 18.2. The van der Waals surface area contributed by atoms with Gasteiger partial charge in [0.1, 0.15) is 11.5 Å². The van der Waals surface area contributed by atoms with Crippen LogP contribution in [0.25, 0.3) is 28.0 Å². The number of nitrogen functional groups attached to an aromatic ring is 2. The summed E-state index contributed by atoms with van der Waals surface area (Å²) in [7, 11) is 1.24. The van der Waals surface area contributed by atoms with Crippen LogP contribution in [-0.2, 0) is 6.42 Å². The highest BCUT2D eigenvalue weighted by molar-refractivity contribution is 5.93. The van der Waals surface area contributed by atoms with Crippen LogP contribution in [0.15, 0.2) is 60.7 Å². The fourth-order valence-electron chi connectivity index (χ4n) is 4.18. The smallest absolute Gasteiger partial charge is 0.411 e. The lowest BCUT2D eigenvalue weighted by Gasteiger charge is -2.17. The zero-order chi connectivity index (χ0) is 27.1. The Morgan fingerprint density at radius 3 is 2.26 bits per heavy atom. The van der Waals surface area contributed by atoms with E-state index in [4.69, 9.17) is 11.5 Å². The first kappa shape index (κ1) is 24.6. The Labute approximate surface area is 213 Å². The summed E-state index contributed by atoms with van der Waals surface area (Å²) in [4.78, 5) is 20.5. The van der Waals surface area contributed by atoms with Crippen molar-refractivity contribution in [1.29, 1.82) is 0 Å². The summed E-state index contributed by atoms with van der Waals surface area (Å²) in [6, 6.07) is 16.3. The number of carboxylic acid groups (broad SMARTS) is 1. The molecular formula is C26H20F3N7O2. The van der Waals surface area contributed by atoms with Crippen molar-refractivity contribution in [2.45, 2.75) is 6.42 Å². The zero-order valence-electron chi connectivity index (χ0n) is 19.9. The Kier molecular flexibility index (Phi) is 6.07. The van der Waals surface area contributed by atoms with Crippen LogP contribution in [0.4, 0.5) is 35.3 Å². The Balaban J connectivity index is 1.72. The number of carbonyl (C=O) groups is 1. The van der Waals surface area contributed by atoms with Gasteiger partial charge in [-0.05, 0) is 35.4 Å². The second kappa shape index (κ2) is 9.39. The summed E-state index contributed by atoms with van der Waals surface area (Å²) in [5.74, 6) is -3.94. The van der Waals surface area contributed by atoms with Crippen LogP contribution >= 0.6 is 0 Å². The number of anilines is 3. The lowest BCUT2D eigenvalue weighted by Crippen LogP contribution is -2.27. The fourth-order valence-corrected chi connectivity index (χ4v) is 4.18. The number of nitrogens with two attached hydrogens (primary N) is 2. The molecule has 0 bridgehead atoms. The average Bonchev–Trinajstić information content (AvgIpc) is 3.26. The first-order valence-corrected chi connectivity index (χ1v) is 11.2. The van der Waals surface area contributed by atoms with Gasteiger partial charge in [-0.2, -0.15) is 19.7 Å². The molecule has 5 aromatic rings. The highest BCUT2D eigenvalue weighted by Gasteiger charge is 2.23. The van der Waals surface area contributed by atoms with E-state index in [1.165, 1.54) is 11.7 Å². The number of hydrogen-bond donors (Lipinski definition) is 3. The SMILES string of the molecule is CN(C(=O)O)c1c(N)nc(-n2nc(Cc3c(F)ccc(F)c3F)c3cc(-c4ccccc4)ccc32)nc1N. The van der Waals surface area contributed by atoms with Crippen LogP contribution in [0.1, 0.15) is 11.3 Å². The molecule has 0 spiro atoms. The van der Waals surface area contributed by atoms with Crippen LogP contribution in [-0.4, -0.2) is 38.0 Å². The minimum Gasteiger partial charge on any atom is -0.465 e. The molecule has 2 aromatic heterocycles. The van der Waals surface area contributed by atoms with E-state index < -0.39 is 29.1 Å². The van der Waals surface area contributed by atoms with Crippen LogP contribution in [0, 0.1) is 17.5 Å². The van der Waals surface area contributed by atoms with E-state index in [-0.39, 0.29) is 35.4 Å². The van der Waals surface area contributed by atoms with Crippen molar-refractivity contribution >= 4 is 34.3 Å². The molecule has 38 heavy (non-hydrogen) atoms. The minimum atomic E-state index is -1.32. The first-order valence-electron chi connectivity index (χ1n) is 11.2. The van der Waals surface area contributed by atoms with Crippen molar-refractivity contribution in [3.63, 3.8) is 0 Å².